The number of ether oxygens (including phenoxy) is 1. The molecule has 126 valence electrons. The number of carbonyl (C=O) groups is 2. The fourth-order valence-corrected chi connectivity index (χ4v) is 2.59. The van der Waals surface area contributed by atoms with Crippen LogP contribution in [0.4, 0.5) is 5.69 Å². The second-order valence-corrected chi connectivity index (χ2v) is 5.31. The van der Waals surface area contributed by atoms with Gasteiger partial charge in [-0.15, -0.1) is 0 Å². The number of aryl methyl sites for hydroxylation is 1. The monoisotopic (exact) mass is 331 g/mol. The van der Waals surface area contributed by atoms with Gasteiger partial charge in [-0.05, 0) is 18.2 Å². The molecule has 0 fully saturated rings. The Kier molecular flexibility index (Phi) is 4.17. The van der Waals surface area contributed by atoms with Crippen LogP contribution in [0.5, 0.6) is 0 Å². The van der Waals surface area contributed by atoms with Crippen molar-refractivity contribution in [2.75, 3.05) is 32.1 Å². The van der Waals surface area contributed by atoms with E-state index < -0.39 is 5.97 Å². The second kappa shape index (κ2) is 6.28. The van der Waals surface area contributed by atoms with Crippen LogP contribution in [0.25, 0.3) is 11.0 Å². The summed E-state index contributed by atoms with van der Waals surface area (Å²) in [5.41, 5.74) is 2.39. The zero-order chi connectivity index (χ0) is 17.3. The fraction of sp³-hybridized carbons (Fsp3) is 0.333. The summed E-state index contributed by atoms with van der Waals surface area (Å²) in [7, 11) is 2.98. The number of benzene rings is 1. The number of hydrogen-bond acceptors (Lipinski definition) is 7. The first-order chi connectivity index (χ1) is 11.5. The van der Waals surface area contributed by atoms with Crippen molar-refractivity contribution in [3.05, 3.63) is 29.5 Å². The topological polar surface area (TPSA) is 110 Å². The Labute approximate surface area is 137 Å². The molecular formula is C15H17N5O4. The van der Waals surface area contributed by atoms with Crippen LogP contribution in [-0.4, -0.2) is 63.7 Å². The standard InChI is InChI=1S/C15H17N5O4/c1-19-17-11-4-3-9(7-12(11)18-19)16-13-10(15(23)24-2)8-20(5-6-21)14(13)22/h3-4,7,16,21H,5-6,8H2,1-2H3. The number of carbonyl (C=O) groups excluding carboxylic acids is 2. The van der Waals surface area contributed by atoms with E-state index in [2.05, 4.69) is 15.5 Å². The highest BCUT2D eigenvalue weighted by Gasteiger charge is 2.34. The number of aromatic nitrogens is 3. The Bertz CT molecular complexity index is 842. The molecule has 0 unspecified atom stereocenters. The van der Waals surface area contributed by atoms with Crippen LogP contribution < -0.4 is 5.32 Å². The van der Waals surface area contributed by atoms with Crippen molar-refractivity contribution >= 4 is 28.6 Å². The normalized spacial score (nSPS) is 14.6. The molecule has 1 aromatic carbocycles. The maximum absolute atomic E-state index is 12.5. The molecule has 0 aliphatic carbocycles. The number of β-amino-alcohol motifs (C(OH)–C–C–N with tert-alkyl or cyclic N) is 1. The van der Waals surface area contributed by atoms with Crippen molar-refractivity contribution in [1.29, 1.82) is 0 Å². The summed E-state index contributed by atoms with van der Waals surface area (Å²) >= 11 is 0. The third-order valence-corrected chi connectivity index (χ3v) is 3.70. The number of hydrogen-bond donors (Lipinski definition) is 2. The van der Waals surface area contributed by atoms with E-state index in [0.29, 0.717) is 11.2 Å². The van der Waals surface area contributed by atoms with E-state index in [1.165, 1.54) is 16.8 Å². The van der Waals surface area contributed by atoms with Crippen LogP contribution in [0.3, 0.4) is 0 Å². The minimum Gasteiger partial charge on any atom is -0.466 e. The van der Waals surface area contributed by atoms with Crippen molar-refractivity contribution in [3.63, 3.8) is 0 Å². The zero-order valence-corrected chi connectivity index (χ0v) is 13.3. The van der Waals surface area contributed by atoms with Crippen molar-refractivity contribution in [1.82, 2.24) is 19.9 Å². The molecule has 3 rings (SSSR count). The van der Waals surface area contributed by atoms with E-state index >= 15 is 0 Å². The van der Waals surface area contributed by atoms with Crippen LogP contribution in [0, 0.1) is 0 Å². The molecule has 1 aliphatic rings. The van der Waals surface area contributed by atoms with E-state index in [0.717, 1.165) is 5.52 Å². The average Bonchev–Trinajstić information content (AvgIpc) is 3.08. The van der Waals surface area contributed by atoms with Crippen LogP contribution in [0.15, 0.2) is 29.5 Å². The lowest BCUT2D eigenvalue weighted by molar-refractivity contribution is -0.136. The summed E-state index contributed by atoms with van der Waals surface area (Å²) < 4.78 is 4.75. The molecule has 9 heteroatoms. The van der Waals surface area contributed by atoms with E-state index in [-0.39, 0.29) is 36.9 Å². The number of esters is 1. The zero-order valence-electron chi connectivity index (χ0n) is 13.3. The summed E-state index contributed by atoms with van der Waals surface area (Å²) in [6, 6.07) is 5.26. The Morgan fingerprint density at radius 3 is 2.83 bits per heavy atom. The molecule has 9 nitrogen and oxygen atoms in total. The molecule has 1 amide bonds. The number of fused-ring (bicyclic) bond motifs is 1. The lowest BCUT2D eigenvalue weighted by Crippen LogP contribution is -2.31. The number of aliphatic hydroxyl groups excluding tert-OH is 1. The molecule has 24 heavy (non-hydrogen) atoms. The number of rotatable bonds is 5. The first-order valence-electron chi connectivity index (χ1n) is 7.33. The molecular weight excluding hydrogens is 314 g/mol. The van der Waals surface area contributed by atoms with Gasteiger partial charge in [0.1, 0.15) is 16.7 Å². The molecule has 1 aliphatic heterocycles. The predicted octanol–water partition coefficient (Wildman–Crippen LogP) is -0.358. The highest BCUT2D eigenvalue weighted by Crippen LogP contribution is 2.24. The van der Waals surface area contributed by atoms with Crippen LogP contribution >= 0.6 is 0 Å². The smallest absolute Gasteiger partial charge is 0.337 e. The lowest BCUT2D eigenvalue weighted by atomic mass is 10.2. The molecule has 0 saturated carbocycles. The van der Waals surface area contributed by atoms with Gasteiger partial charge < -0.3 is 20.1 Å². The Morgan fingerprint density at radius 2 is 2.12 bits per heavy atom. The SMILES string of the molecule is COC(=O)C1=C(Nc2ccc3nn(C)nc3c2)C(=O)N(CCO)C1. The van der Waals surface area contributed by atoms with Crippen molar-refractivity contribution in [2.24, 2.45) is 7.05 Å². The highest BCUT2D eigenvalue weighted by atomic mass is 16.5. The van der Waals surface area contributed by atoms with Gasteiger partial charge in [-0.25, -0.2) is 4.79 Å². The van der Waals surface area contributed by atoms with Gasteiger partial charge in [-0.3, -0.25) is 4.79 Å². The minimum atomic E-state index is -0.577. The Balaban J connectivity index is 1.93. The molecule has 0 saturated heterocycles. The van der Waals surface area contributed by atoms with Crippen LogP contribution in [0.1, 0.15) is 0 Å². The lowest BCUT2D eigenvalue weighted by Gasteiger charge is -2.14. The maximum Gasteiger partial charge on any atom is 0.337 e. The Morgan fingerprint density at radius 1 is 1.38 bits per heavy atom. The van der Waals surface area contributed by atoms with Crippen LogP contribution in [0.2, 0.25) is 0 Å². The molecule has 0 bridgehead atoms. The highest BCUT2D eigenvalue weighted by molar-refractivity contribution is 6.08. The predicted molar refractivity (Wildman–Crippen MR) is 84.8 cm³/mol. The second-order valence-electron chi connectivity index (χ2n) is 5.31. The number of nitrogens with zero attached hydrogens (tertiary/aromatic N) is 4. The van der Waals surface area contributed by atoms with Gasteiger partial charge in [0.15, 0.2) is 0 Å². The molecule has 0 spiro atoms. The maximum atomic E-state index is 12.5. The minimum absolute atomic E-state index is 0.0990. The summed E-state index contributed by atoms with van der Waals surface area (Å²) in [6.07, 6.45) is 0. The first kappa shape index (κ1) is 15.9. The van der Waals surface area contributed by atoms with Gasteiger partial charge >= 0.3 is 5.97 Å². The van der Waals surface area contributed by atoms with Gasteiger partial charge in [0.2, 0.25) is 0 Å². The molecule has 2 heterocycles. The molecule has 2 aromatic rings. The van der Waals surface area contributed by atoms with Gasteiger partial charge in [-0.2, -0.15) is 15.0 Å². The van der Waals surface area contributed by atoms with E-state index in [1.807, 2.05) is 0 Å². The largest absolute Gasteiger partial charge is 0.466 e. The third kappa shape index (κ3) is 2.81. The Hall–Kier alpha value is -2.94. The van der Waals surface area contributed by atoms with E-state index in [1.54, 1.807) is 25.2 Å². The molecule has 0 radical (unpaired) electrons. The van der Waals surface area contributed by atoms with Crippen molar-refractivity contribution in [2.45, 2.75) is 0 Å². The number of aliphatic hydroxyl groups is 1. The van der Waals surface area contributed by atoms with Crippen LogP contribution in [-0.2, 0) is 21.4 Å². The number of amides is 1. The van der Waals surface area contributed by atoms with Gasteiger partial charge in [0, 0.05) is 19.3 Å². The first-order valence-corrected chi connectivity index (χ1v) is 7.33. The number of methoxy groups -OCH3 is 1. The van der Waals surface area contributed by atoms with Crippen molar-refractivity contribution < 1.29 is 19.4 Å². The van der Waals surface area contributed by atoms with E-state index in [9.17, 15) is 9.59 Å². The fourth-order valence-electron chi connectivity index (χ4n) is 2.59. The number of anilines is 1. The summed E-state index contributed by atoms with van der Waals surface area (Å²) in [6.45, 7) is 0.0640. The van der Waals surface area contributed by atoms with Crippen molar-refractivity contribution in [3.8, 4) is 0 Å². The molecule has 2 N–H and O–H groups in total. The molecule has 0 atom stereocenters. The molecule has 1 aromatic heterocycles. The summed E-state index contributed by atoms with van der Waals surface area (Å²) in [4.78, 5) is 27.2. The third-order valence-electron chi connectivity index (χ3n) is 3.70. The average molecular weight is 331 g/mol. The summed E-state index contributed by atoms with van der Waals surface area (Å²) in [5, 5.41) is 20.4. The van der Waals surface area contributed by atoms with E-state index in [4.69, 9.17) is 9.84 Å². The number of nitrogens with one attached hydrogen (secondary N) is 1. The van der Waals surface area contributed by atoms with Gasteiger partial charge in [0.05, 0.1) is 25.8 Å². The summed E-state index contributed by atoms with van der Waals surface area (Å²) in [5.74, 6) is -0.935. The van der Waals surface area contributed by atoms with Gasteiger partial charge in [-0.1, -0.05) is 0 Å². The quantitative estimate of drug-likeness (QED) is 0.720. The van der Waals surface area contributed by atoms with Gasteiger partial charge in [0.25, 0.3) is 5.91 Å².